The van der Waals surface area contributed by atoms with E-state index in [2.05, 4.69) is 17.1 Å². The Hall–Kier alpha value is -2.58. The number of nitrogens with zero attached hydrogens (tertiary/aromatic N) is 3. The Kier molecular flexibility index (Phi) is 7.11. The summed E-state index contributed by atoms with van der Waals surface area (Å²) < 4.78 is 25.6. The summed E-state index contributed by atoms with van der Waals surface area (Å²) in [4.78, 5) is 12.6. The molecule has 152 valence electrons. The molecule has 2 aromatic carbocycles. The first-order valence-corrected chi connectivity index (χ1v) is 12.0. The van der Waals surface area contributed by atoms with Crippen molar-refractivity contribution in [2.45, 2.75) is 25.5 Å². The third-order valence-corrected chi connectivity index (χ3v) is 6.85. The van der Waals surface area contributed by atoms with Crippen molar-refractivity contribution in [1.29, 1.82) is 0 Å². The van der Waals surface area contributed by atoms with Gasteiger partial charge in [0.25, 0.3) is 0 Å². The fourth-order valence-electron chi connectivity index (χ4n) is 2.84. The summed E-state index contributed by atoms with van der Waals surface area (Å²) in [5.74, 6) is -0.101. The molecule has 0 N–H and O–H groups in total. The normalized spacial score (nSPS) is 11.3. The summed E-state index contributed by atoms with van der Waals surface area (Å²) in [7, 11) is -3.35. The van der Waals surface area contributed by atoms with E-state index >= 15 is 0 Å². The van der Waals surface area contributed by atoms with Crippen molar-refractivity contribution in [1.82, 2.24) is 10.2 Å². The van der Waals surface area contributed by atoms with Gasteiger partial charge >= 0.3 is 0 Å². The van der Waals surface area contributed by atoms with E-state index in [1.807, 2.05) is 42.5 Å². The molecule has 0 fully saturated rings. The predicted octanol–water partition coefficient (Wildman–Crippen LogP) is 4.20. The second-order valence-corrected chi connectivity index (χ2v) is 9.74. The topological polar surface area (TPSA) is 80.2 Å². The van der Waals surface area contributed by atoms with E-state index in [1.54, 1.807) is 17.0 Å². The molecule has 0 aliphatic rings. The molecule has 0 saturated heterocycles. The van der Waals surface area contributed by atoms with Gasteiger partial charge in [-0.2, -0.15) is 0 Å². The minimum Gasteiger partial charge on any atom is -0.332 e. The molecule has 0 aliphatic carbocycles. The van der Waals surface area contributed by atoms with Gasteiger partial charge in [-0.15, -0.1) is 10.2 Å². The Balaban J connectivity index is 1.79. The average Bonchev–Trinajstić information content (AvgIpc) is 3.22. The highest BCUT2D eigenvalue weighted by Crippen LogP contribution is 2.29. The van der Waals surface area contributed by atoms with Crippen molar-refractivity contribution in [3.63, 3.8) is 0 Å². The molecule has 0 spiro atoms. The van der Waals surface area contributed by atoms with Crippen molar-refractivity contribution < 1.29 is 13.2 Å². The van der Waals surface area contributed by atoms with E-state index in [9.17, 15) is 13.2 Å². The van der Waals surface area contributed by atoms with Gasteiger partial charge in [0.15, 0.2) is 9.84 Å². The van der Waals surface area contributed by atoms with Crippen LogP contribution in [0.25, 0.3) is 10.6 Å². The van der Waals surface area contributed by atoms with Crippen LogP contribution >= 0.6 is 11.3 Å². The fraction of sp³-hybridized carbons (Fsp3) is 0.286. The summed E-state index contributed by atoms with van der Waals surface area (Å²) >= 11 is 1.36. The molecule has 0 aliphatic heterocycles. The van der Waals surface area contributed by atoms with Crippen molar-refractivity contribution in [3.8, 4) is 10.6 Å². The number of benzene rings is 2. The molecular weight excluding hydrogens is 406 g/mol. The highest BCUT2D eigenvalue weighted by Gasteiger charge is 2.21. The van der Waals surface area contributed by atoms with Crippen LogP contribution in [0.1, 0.15) is 35.7 Å². The molecule has 0 unspecified atom stereocenters. The first-order chi connectivity index (χ1) is 14.0. The number of rotatable bonds is 10. The number of unbranched alkanes of at least 4 members (excludes halogenated alkanes) is 1. The summed E-state index contributed by atoms with van der Waals surface area (Å²) in [5.41, 5.74) is 2.22. The van der Waals surface area contributed by atoms with Gasteiger partial charge < -0.3 is 4.90 Å². The molecule has 1 heterocycles. The van der Waals surface area contributed by atoms with E-state index in [0.29, 0.717) is 22.2 Å². The third-order valence-electron chi connectivity index (χ3n) is 4.34. The SMILES string of the molecule is CCCCN(CS(=O)(=O)Cc1ccccc1)c1nnc(-c2ccc(C=O)cc2)s1. The lowest BCUT2D eigenvalue weighted by atomic mass is 10.2. The maximum absolute atomic E-state index is 12.8. The van der Waals surface area contributed by atoms with Crippen LogP contribution < -0.4 is 4.90 Å². The number of hydrogen-bond donors (Lipinski definition) is 0. The van der Waals surface area contributed by atoms with Crippen molar-refractivity contribution in [2.75, 3.05) is 17.3 Å². The van der Waals surface area contributed by atoms with Crippen LogP contribution in [-0.4, -0.2) is 37.3 Å². The molecule has 0 atom stereocenters. The molecular formula is C21H23N3O3S2. The number of sulfone groups is 1. The standard InChI is InChI=1S/C21H23N3O3S2/c1-2-3-13-24(16-29(26,27)15-18-7-5-4-6-8-18)21-23-22-20(28-21)19-11-9-17(14-25)10-12-19/h4-12,14H,2-3,13,15-16H2,1H3. The van der Waals surface area contributed by atoms with Gasteiger partial charge in [-0.05, 0) is 12.0 Å². The largest absolute Gasteiger partial charge is 0.332 e. The van der Waals surface area contributed by atoms with Crippen LogP contribution in [-0.2, 0) is 15.6 Å². The van der Waals surface area contributed by atoms with E-state index in [0.717, 1.165) is 30.3 Å². The van der Waals surface area contributed by atoms with Gasteiger partial charge in [-0.3, -0.25) is 4.79 Å². The lowest BCUT2D eigenvalue weighted by Gasteiger charge is -2.21. The minimum absolute atomic E-state index is 0.00468. The van der Waals surface area contributed by atoms with E-state index < -0.39 is 9.84 Å². The smallest absolute Gasteiger partial charge is 0.209 e. The van der Waals surface area contributed by atoms with Gasteiger partial charge in [-0.1, -0.05) is 79.3 Å². The van der Waals surface area contributed by atoms with E-state index in [4.69, 9.17) is 0 Å². The number of aromatic nitrogens is 2. The first kappa shape index (κ1) is 21.1. The monoisotopic (exact) mass is 429 g/mol. The Morgan fingerprint density at radius 1 is 1.03 bits per heavy atom. The van der Waals surface area contributed by atoms with Crippen LogP contribution in [0.3, 0.4) is 0 Å². The van der Waals surface area contributed by atoms with Crippen LogP contribution in [0.2, 0.25) is 0 Å². The van der Waals surface area contributed by atoms with Crippen molar-refractivity contribution in [3.05, 3.63) is 65.7 Å². The highest BCUT2D eigenvalue weighted by atomic mass is 32.2. The van der Waals surface area contributed by atoms with Crippen molar-refractivity contribution in [2.24, 2.45) is 0 Å². The molecule has 3 rings (SSSR count). The molecule has 1 aromatic heterocycles. The van der Waals surface area contributed by atoms with Crippen LogP contribution in [0, 0.1) is 0 Å². The number of anilines is 1. The summed E-state index contributed by atoms with van der Waals surface area (Å²) in [6.07, 6.45) is 2.61. The molecule has 3 aromatic rings. The number of carbonyl (C=O) groups is 1. The van der Waals surface area contributed by atoms with Gasteiger partial charge in [0, 0.05) is 17.7 Å². The third kappa shape index (κ3) is 5.95. The molecule has 6 nitrogen and oxygen atoms in total. The van der Waals surface area contributed by atoms with Crippen LogP contribution in [0.15, 0.2) is 54.6 Å². The van der Waals surface area contributed by atoms with Gasteiger partial charge in [-0.25, -0.2) is 8.42 Å². The Morgan fingerprint density at radius 3 is 2.41 bits per heavy atom. The maximum atomic E-state index is 12.8. The van der Waals surface area contributed by atoms with Gasteiger partial charge in [0.05, 0.1) is 5.75 Å². The van der Waals surface area contributed by atoms with Gasteiger partial charge in [0.2, 0.25) is 5.13 Å². The second-order valence-electron chi connectivity index (χ2n) is 6.75. The van der Waals surface area contributed by atoms with Crippen molar-refractivity contribution >= 4 is 32.6 Å². The maximum Gasteiger partial charge on any atom is 0.209 e. The first-order valence-electron chi connectivity index (χ1n) is 9.39. The summed E-state index contributed by atoms with van der Waals surface area (Å²) in [6, 6.07) is 16.3. The van der Waals surface area contributed by atoms with Crippen LogP contribution in [0.4, 0.5) is 5.13 Å². The highest BCUT2D eigenvalue weighted by molar-refractivity contribution is 7.90. The predicted molar refractivity (Wildman–Crippen MR) is 117 cm³/mol. The average molecular weight is 430 g/mol. The van der Waals surface area contributed by atoms with E-state index in [1.165, 1.54) is 11.3 Å². The molecule has 29 heavy (non-hydrogen) atoms. The zero-order valence-electron chi connectivity index (χ0n) is 16.2. The second kappa shape index (κ2) is 9.76. The molecule has 0 bridgehead atoms. The summed E-state index contributed by atoms with van der Waals surface area (Å²) in [6.45, 7) is 2.67. The Morgan fingerprint density at radius 2 is 1.76 bits per heavy atom. The molecule has 0 saturated carbocycles. The molecule has 8 heteroatoms. The number of carbonyl (C=O) groups excluding carboxylic acids is 1. The fourth-order valence-corrected chi connectivity index (χ4v) is 5.31. The quantitative estimate of drug-likeness (QED) is 0.450. The van der Waals surface area contributed by atoms with Gasteiger partial charge in [0.1, 0.15) is 17.2 Å². The zero-order chi connectivity index (χ0) is 20.7. The lowest BCUT2D eigenvalue weighted by molar-refractivity contribution is 0.112. The zero-order valence-corrected chi connectivity index (χ0v) is 17.8. The molecule has 0 radical (unpaired) electrons. The molecule has 0 amide bonds. The summed E-state index contributed by atoms with van der Waals surface area (Å²) in [5, 5.41) is 9.75. The minimum atomic E-state index is -3.35. The van der Waals surface area contributed by atoms with E-state index in [-0.39, 0.29) is 11.6 Å². The van der Waals surface area contributed by atoms with Crippen LogP contribution in [0.5, 0.6) is 0 Å². The number of aldehydes is 1. The Bertz CT molecular complexity index is 1030. The number of hydrogen-bond acceptors (Lipinski definition) is 7. The lowest BCUT2D eigenvalue weighted by Crippen LogP contribution is -2.31. The Labute approximate surface area is 175 Å².